The number of aromatic nitrogens is 8. The van der Waals surface area contributed by atoms with E-state index in [1.54, 1.807) is 24.3 Å². The van der Waals surface area contributed by atoms with Crippen LogP contribution in [0.3, 0.4) is 0 Å². The van der Waals surface area contributed by atoms with Crippen molar-refractivity contribution in [3.63, 3.8) is 0 Å². The maximum absolute atomic E-state index is 11.8. The molecule has 13 nitrogen and oxygen atoms in total. The second-order valence-electron chi connectivity index (χ2n) is 16.7. The maximum atomic E-state index is 11.8. The first-order valence-corrected chi connectivity index (χ1v) is 22.5. The number of rotatable bonds is 17. The molecule has 0 saturated carbocycles. The zero-order chi connectivity index (χ0) is 56.9. The lowest BCUT2D eigenvalue weighted by Crippen LogP contribution is -2.19. The molecule has 5 heterocycles. The molecule has 0 radical (unpaired) electrons. The molecule has 0 spiro atoms. The molecule has 0 aliphatic heterocycles. The molecule has 0 amide bonds. The fourth-order valence-electron chi connectivity index (χ4n) is 4.57. The van der Waals surface area contributed by atoms with Gasteiger partial charge >= 0.3 is 18.5 Å². The summed E-state index contributed by atoms with van der Waals surface area (Å²) in [6, 6.07) is 6.75. The van der Waals surface area contributed by atoms with Crippen LogP contribution in [0.25, 0.3) is 0 Å². The Bertz CT molecular complexity index is 2200. The van der Waals surface area contributed by atoms with Gasteiger partial charge < -0.3 is 23.7 Å². The normalized spacial score (nSPS) is 11.8. The lowest BCUT2D eigenvalue weighted by Gasteiger charge is -2.09. The van der Waals surface area contributed by atoms with Crippen molar-refractivity contribution in [2.24, 2.45) is 0 Å². The van der Waals surface area contributed by atoms with Gasteiger partial charge in [-0.3, -0.25) is 9.97 Å². The highest BCUT2D eigenvalue weighted by Crippen LogP contribution is 2.22. The van der Waals surface area contributed by atoms with Crippen molar-refractivity contribution in [3.05, 3.63) is 127 Å². The number of hydrogen-bond donors (Lipinski definition) is 0. The van der Waals surface area contributed by atoms with E-state index in [9.17, 15) is 57.1 Å². The van der Waals surface area contributed by atoms with E-state index in [0.717, 1.165) is 11.4 Å². The third-order valence-electron chi connectivity index (χ3n) is 8.27. The van der Waals surface area contributed by atoms with Crippen molar-refractivity contribution in [1.29, 1.82) is 0 Å². The Morgan fingerprint density at radius 1 is 0.387 bits per heavy atom. The lowest BCUT2D eigenvalue weighted by molar-refractivity contribution is -0.153. The summed E-state index contributed by atoms with van der Waals surface area (Å²) < 4.78 is 176. The molecule has 75 heavy (non-hydrogen) atoms. The molecular weight excluding hydrogens is 1030 g/mol. The number of pyridine rings is 2. The van der Waals surface area contributed by atoms with Gasteiger partial charge in [-0.1, -0.05) is 69.2 Å². The number of alkyl halides is 13. The lowest BCUT2D eigenvalue weighted by atomic mass is 10.1. The van der Waals surface area contributed by atoms with Crippen LogP contribution >= 0.6 is 0 Å². The van der Waals surface area contributed by atoms with Crippen LogP contribution in [0, 0.1) is 0 Å². The molecule has 0 aromatic carbocycles. The highest BCUT2D eigenvalue weighted by atomic mass is 19.4. The molecule has 0 fully saturated rings. The van der Waals surface area contributed by atoms with Gasteiger partial charge in [0.05, 0.1) is 74.3 Å². The zero-order valence-corrected chi connectivity index (χ0v) is 42.4. The van der Waals surface area contributed by atoms with Crippen molar-refractivity contribution in [2.45, 2.75) is 130 Å². The van der Waals surface area contributed by atoms with Crippen LogP contribution < -0.4 is 23.7 Å². The third-order valence-corrected chi connectivity index (χ3v) is 8.27. The second-order valence-corrected chi connectivity index (χ2v) is 16.7. The Hall–Kier alpha value is -6.89. The SMILES string of the molecule is CC(C)c1ccc(O/C=C\C(F)(F)F)cn1.CC(C)c1ccc(OCC(F)F)cn1.CC(C)c1ncc(O/C=C\C(F)(F)F)cn1.CC(C)c1ncc(OCC(F)(F)F)cn1.CC(C)c1ncc(OCC(F)F)cn1. The van der Waals surface area contributed by atoms with E-state index >= 15 is 0 Å². The summed E-state index contributed by atoms with van der Waals surface area (Å²) in [5.74, 6) is 4.14. The van der Waals surface area contributed by atoms with Crippen molar-refractivity contribution in [2.75, 3.05) is 19.8 Å². The Labute approximate surface area is 426 Å². The molecule has 5 aromatic rings. The molecule has 0 bridgehead atoms. The summed E-state index contributed by atoms with van der Waals surface area (Å²) in [6.07, 6.45) is -5.94. The van der Waals surface area contributed by atoms with Crippen LogP contribution in [-0.4, -0.2) is 91.1 Å². The molecule has 5 rings (SSSR count). The van der Waals surface area contributed by atoms with Crippen LogP contribution in [0.15, 0.2) is 98.5 Å². The second kappa shape index (κ2) is 33.1. The highest BCUT2D eigenvalue weighted by Gasteiger charge is 2.28. The summed E-state index contributed by atoms with van der Waals surface area (Å²) in [6.45, 7) is 17.0. The van der Waals surface area contributed by atoms with E-state index in [0.29, 0.717) is 41.7 Å². The van der Waals surface area contributed by atoms with Crippen molar-refractivity contribution >= 4 is 0 Å². The Balaban J connectivity index is 0.000000469. The number of hydrogen-bond acceptors (Lipinski definition) is 13. The van der Waals surface area contributed by atoms with E-state index in [4.69, 9.17) is 18.9 Å². The van der Waals surface area contributed by atoms with Crippen LogP contribution in [0.5, 0.6) is 28.7 Å². The van der Waals surface area contributed by atoms with Gasteiger partial charge in [0.15, 0.2) is 23.9 Å². The summed E-state index contributed by atoms with van der Waals surface area (Å²) in [5.41, 5.74) is 1.79. The zero-order valence-electron chi connectivity index (χ0n) is 42.4. The highest BCUT2D eigenvalue weighted by molar-refractivity contribution is 5.23. The average Bonchev–Trinajstić information content (AvgIpc) is 3.32. The Kier molecular flexibility index (Phi) is 29.2. The van der Waals surface area contributed by atoms with E-state index in [2.05, 4.69) is 44.6 Å². The third kappa shape index (κ3) is 32.8. The van der Waals surface area contributed by atoms with Gasteiger partial charge in [-0.2, -0.15) is 39.5 Å². The first-order chi connectivity index (χ1) is 34.8. The van der Waals surface area contributed by atoms with E-state index in [1.165, 1.54) is 49.6 Å². The van der Waals surface area contributed by atoms with Crippen LogP contribution in [0.4, 0.5) is 57.1 Å². The number of allylic oxidation sites excluding steroid dienone is 2. The molecule has 0 saturated heterocycles. The fourth-order valence-corrected chi connectivity index (χ4v) is 4.57. The van der Waals surface area contributed by atoms with Crippen LogP contribution in [0.2, 0.25) is 0 Å². The number of nitrogens with zero attached hydrogens (tertiary/aromatic N) is 8. The first-order valence-electron chi connectivity index (χ1n) is 22.5. The Morgan fingerprint density at radius 2 is 0.693 bits per heavy atom. The summed E-state index contributed by atoms with van der Waals surface area (Å²) in [5, 5.41) is 0. The molecule has 26 heteroatoms. The van der Waals surface area contributed by atoms with Gasteiger partial charge in [0.25, 0.3) is 12.9 Å². The quantitative estimate of drug-likeness (QED) is 0.0643. The number of ether oxygens (including phenoxy) is 5. The molecule has 5 aromatic heterocycles. The minimum atomic E-state index is -4.38. The van der Waals surface area contributed by atoms with E-state index < -0.39 is 51.2 Å². The summed E-state index contributed by atoms with van der Waals surface area (Å²) in [7, 11) is 0. The average molecular weight is 1090 g/mol. The maximum Gasteiger partial charge on any atom is 0.422 e. The fraction of sp³-hybridized carbons (Fsp3) is 0.469. The summed E-state index contributed by atoms with van der Waals surface area (Å²) in [4.78, 5) is 31.7. The van der Waals surface area contributed by atoms with Crippen molar-refractivity contribution < 1.29 is 80.8 Å². The van der Waals surface area contributed by atoms with Gasteiger partial charge in [0.2, 0.25) is 0 Å². The van der Waals surface area contributed by atoms with Crippen LogP contribution in [0.1, 0.15) is 128 Å². The number of halogens is 13. The predicted octanol–water partition coefficient (Wildman–Crippen LogP) is 14.3. The standard InChI is InChI=1S/C11H12F3NO.C10H11F3N2O.C10H13F2NO.C9H11F3N2O.C9H12F2N2O/c1-8(2)10-4-3-9(7-15-10)16-6-5-11(12,13)14;1-7(2)9-14-5-8(6-15-9)16-4-3-10(11,12)13;1-7(2)9-4-3-8(5-13-9)14-6-10(11)12;1-6(2)8-13-3-7(4-14-8)15-5-9(10,11)12;1-6(2)9-12-3-7(4-13-9)14-5-8(10)11/h3-8H,1-2H3;3-7H,1-2H3;3-5,7,10H,6H2,1-2H3;3-4,6H,5H2,1-2H3;3-4,6,8H,5H2,1-2H3/b6-5-;4-3-;;;. The first kappa shape index (κ1) is 66.1. The molecule has 0 N–H and O–H groups in total. The van der Waals surface area contributed by atoms with E-state index in [1.807, 2.05) is 69.2 Å². The molecule has 0 aliphatic carbocycles. The van der Waals surface area contributed by atoms with Crippen molar-refractivity contribution in [3.8, 4) is 28.7 Å². The molecular formula is C49H59F13N8O5. The van der Waals surface area contributed by atoms with Gasteiger partial charge in [0.1, 0.15) is 42.2 Å². The van der Waals surface area contributed by atoms with Crippen LogP contribution in [-0.2, 0) is 0 Å². The van der Waals surface area contributed by atoms with Gasteiger partial charge in [-0.05, 0) is 36.1 Å². The topological polar surface area (TPSA) is 149 Å². The molecule has 0 unspecified atom stereocenters. The van der Waals surface area contributed by atoms with Gasteiger partial charge in [-0.25, -0.2) is 47.5 Å². The largest absolute Gasteiger partial charge is 0.486 e. The van der Waals surface area contributed by atoms with E-state index in [-0.39, 0.29) is 58.8 Å². The molecule has 0 aliphatic rings. The summed E-state index contributed by atoms with van der Waals surface area (Å²) >= 11 is 0. The Morgan fingerprint density at radius 3 is 0.987 bits per heavy atom. The molecule has 0 atom stereocenters. The van der Waals surface area contributed by atoms with Gasteiger partial charge in [-0.15, -0.1) is 0 Å². The molecule has 416 valence electrons. The smallest absolute Gasteiger partial charge is 0.422 e. The minimum Gasteiger partial charge on any atom is -0.486 e. The van der Waals surface area contributed by atoms with Crippen molar-refractivity contribution in [1.82, 2.24) is 39.9 Å². The monoisotopic (exact) mass is 1090 g/mol. The minimum absolute atomic E-state index is 0.00333. The predicted molar refractivity (Wildman–Crippen MR) is 251 cm³/mol. The van der Waals surface area contributed by atoms with Gasteiger partial charge in [0, 0.05) is 29.1 Å².